The predicted molar refractivity (Wildman–Crippen MR) is 266 cm³/mol. The Morgan fingerprint density at radius 2 is 1.35 bits per heavy atom. The molecule has 8 bridgehead atoms. The van der Waals surface area contributed by atoms with Crippen molar-refractivity contribution >= 4 is 70.4 Å². The van der Waals surface area contributed by atoms with Gasteiger partial charge in [0.25, 0.3) is 0 Å². The van der Waals surface area contributed by atoms with Crippen molar-refractivity contribution in [2.45, 2.75) is 160 Å². The van der Waals surface area contributed by atoms with Gasteiger partial charge in [-0.05, 0) is 74.7 Å². The Balaban J connectivity index is 0.00000817. The largest absolute Gasteiger partial charge is 2.00 e. The van der Waals surface area contributed by atoms with Crippen LogP contribution in [-0.2, 0) is 19.1 Å². The maximum atomic E-state index is 14.4. The summed E-state index contributed by atoms with van der Waals surface area (Å²) >= 11 is 0. The summed E-state index contributed by atoms with van der Waals surface area (Å²) in [6.07, 6.45) is 19.7. The molecule has 2 aromatic rings. The molecule has 0 aromatic carbocycles. The van der Waals surface area contributed by atoms with Crippen LogP contribution in [0.3, 0.4) is 0 Å². The molecule has 8 atom stereocenters. The van der Waals surface area contributed by atoms with E-state index in [9.17, 15) is 19.2 Å². The summed E-state index contributed by atoms with van der Waals surface area (Å²) in [5, 5.41) is 8.73. The number of methoxy groups -OCH3 is 1. The molecular weight excluding hydrogens is 837 g/mol. The Morgan fingerprint density at radius 3 is 1.94 bits per heavy atom. The maximum absolute atomic E-state index is 14.4. The third kappa shape index (κ3) is 11.9. The Hall–Kier alpha value is -3.83. The molecule has 3 aliphatic heterocycles. The Labute approximate surface area is 412 Å². The van der Waals surface area contributed by atoms with Gasteiger partial charge in [-0.25, -0.2) is 0 Å². The van der Waals surface area contributed by atoms with Crippen molar-refractivity contribution in [3.05, 3.63) is 73.1 Å². The smallest absolute Gasteiger partial charge is 0.664 e. The van der Waals surface area contributed by atoms with Crippen LogP contribution in [0.4, 0.5) is 0 Å². The number of rotatable bonds is 21. The molecule has 356 valence electrons. The SMILES string of the molecule is CC[C@H]1/C2=C/c3[n-]c4c(c3C)C(=O)[C@H](C(=O)OC)/C4=C3/NC(=Cc4[n-]c(c(C(C)=O)c4C)/C=C(\[N-]2)[C@@H]1C)[C@@H](C)[C@@H]3CCC(=O)OCCC(C)CCC[C@H](C)CCC[C@@H](C)CCCC(C)C.[Mg+2]. The van der Waals surface area contributed by atoms with Crippen LogP contribution in [0.1, 0.15) is 200 Å². The second kappa shape index (κ2) is 23.5. The van der Waals surface area contributed by atoms with Crippen LogP contribution in [0.2, 0.25) is 0 Å². The number of hydrogen-bond donors (Lipinski definition) is 1. The number of carbonyl (C=O) groups is 4. The van der Waals surface area contributed by atoms with E-state index in [1.54, 1.807) is 6.92 Å². The summed E-state index contributed by atoms with van der Waals surface area (Å²) in [5.41, 5.74) is 8.45. The second-order valence-electron chi connectivity index (χ2n) is 20.7. The van der Waals surface area contributed by atoms with Crippen LogP contribution in [-0.4, -0.2) is 60.3 Å². The number of aromatic nitrogens is 2. The van der Waals surface area contributed by atoms with Gasteiger partial charge in [-0.15, -0.1) is 22.8 Å². The summed E-state index contributed by atoms with van der Waals surface area (Å²) in [4.78, 5) is 64.8. The minimum absolute atomic E-state index is 0. The average molecular weight is 915 g/mol. The molecule has 2 saturated heterocycles. The van der Waals surface area contributed by atoms with Crippen molar-refractivity contribution in [1.29, 1.82) is 0 Å². The van der Waals surface area contributed by atoms with Crippen molar-refractivity contribution in [2.75, 3.05) is 13.7 Å². The van der Waals surface area contributed by atoms with E-state index in [4.69, 9.17) is 24.8 Å². The molecule has 11 heteroatoms. The van der Waals surface area contributed by atoms with Crippen molar-refractivity contribution in [3.63, 3.8) is 0 Å². The van der Waals surface area contributed by atoms with Crippen molar-refractivity contribution in [1.82, 2.24) is 15.3 Å². The van der Waals surface area contributed by atoms with E-state index in [0.717, 1.165) is 59.7 Å². The summed E-state index contributed by atoms with van der Waals surface area (Å²) in [6, 6.07) is 0. The molecule has 0 spiro atoms. The quantitative estimate of drug-likeness (QED) is 0.0561. The van der Waals surface area contributed by atoms with Crippen molar-refractivity contribution < 1.29 is 28.7 Å². The van der Waals surface area contributed by atoms with E-state index in [1.165, 1.54) is 58.5 Å². The van der Waals surface area contributed by atoms with Gasteiger partial charge in [0.15, 0.2) is 11.6 Å². The molecule has 1 aliphatic carbocycles. The number of hydrogen-bond acceptors (Lipinski definition) is 7. The number of allylic oxidation sites excluding steroid dienone is 4. The number of fused-ring (bicyclic) bond motifs is 7. The van der Waals surface area contributed by atoms with Crippen molar-refractivity contribution in [2.24, 2.45) is 53.3 Å². The van der Waals surface area contributed by atoms with E-state index in [2.05, 4.69) is 60.7 Å². The number of carbonyl (C=O) groups excluding carboxylic acids is 4. The maximum Gasteiger partial charge on any atom is 2.00 e. The molecule has 1 unspecified atom stereocenters. The normalized spacial score (nSPS) is 24.9. The number of Topliss-reactive ketones (excluding diaryl/α,β-unsaturated/α-hetero) is 2. The molecule has 0 radical (unpaired) electrons. The monoisotopic (exact) mass is 914 g/mol. The van der Waals surface area contributed by atoms with E-state index in [1.807, 2.05) is 32.1 Å². The fourth-order valence-corrected chi connectivity index (χ4v) is 10.9. The van der Waals surface area contributed by atoms with E-state index >= 15 is 0 Å². The van der Waals surface area contributed by atoms with Gasteiger partial charge >= 0.3 is 35.0 Å². The Bertz CT molecular complexity index is 2220. The zero-order valence-electron chi connectivity index (χ0n) is 42.3. The van der Waals surface area contributed by atoms with Crippen LogP contribution in [0.5, 0.6) is 0 Å². The summed E-state index contributed by atoms with van der Waals surface area (Å²) in [6.45, 7) is 23.8. The molecular formula is C55H77MgN4O6-. The minimum Gasteiger partial charge on any atom is -0.664 e. The molecule has 0 amide bonds. The minimum atomic E-state index is -1.21. The number of esters is 2. The molecule has 5 heterocycles. The van der Waals surface area contributed by atoms with Gasteiger partial charge in [0.2, 0.25) is 0 Å². The zero-order chi connectivity index (χ0) is 47.3. The van der Waals surface area contributed by atoms with Crippen LogP contribution < -0.4 is 15.3 Å². The number of nitrogens with one attached hydrogen (secondary N) is 1. The van der Waals surface area contributed by atoms with Gasteiger partial charge in [0, 0.05) is 40.8 Å². The standard InChI is InChI=1S/C55H79N4O6.Mg/c1-13-39-34(7)41-29-46-48(38(11)60)36(9)43(57-46)27-42-35(8)40(52(58-42)50-51(55(63)64-12)54(62)49-37(10)44(59-53(49)50)28-45(39)56-41)23-24-47(61)65-26-25-33(6)22-16-21-32(5)20-15-19-31(4)18-14-17-30(2)3;/h27-35,39-40,51H,13-26H2,1-12H3,(H3-,56,57,58,59,60,62);/q-1;+2/p-2/b42-27?,45-28-;/t31-,32+,33?,34+,35-,39+,40-,51+;/m0./s1. The van der Waals surface area contributed by atoms with Gasteiger partial charge in [-0.3, -0.25) is 19.2 Å². The molecule has 2 fully saturated rings. The fourth-order valence-electron chi connectivity index (χ4n) is 10.9. The summed E-state index contributed by atoms with van der Waals surface area (Å²) in [7, 11) is 1.30. The van der Waals surface area contributed by atoms with Crippen LogP contribution in [0.15, 0.2) is 22.8 Å². The van der Waals surface area contributed by atoms with Crippen LogP contribution >= 0.6 is 0 Å². The van der Waals surface area contributed by atoms with Gasteiger partial charge in [0.1, 0.15) is 5.92 Å². The Morgan fingerprint density at radius 1 is 0.758 bits per heavy atom. The van der Waals surface area contributed by atoms with Crippen molar-refractivity contribution in [3.8, 4) is 0 Å². The topological polar surface area (TPSA) is 141 Å². The molecule has 6 rings (SSSR count). The molecule has 2 aromatic heterocycles. The summed E-state index contributed by atoms with van der Waals surface area (Å²) < 4.78 is 11.1. The number of ketones is 2. The zero-order valence-corrected chi connectivity index (χ0v) is 43.7. The van der Waals surface area contributed by atoms with E-state index in [0.29, 0.717) is 69.7 Å². The van der Waals surface area contributed by atoms with Gasteiger partial charge in [-0.1, -0.05) is 149 Å². The number of nitrogens with zero attached hydrogens (tertiary/aromatic N) is 3. The Kier molecular flexibility index (Phi) is 18.9. The van der Waals surface area contributed by atoms with Gasteiger partial charge in [0.05, 0.1) is 13.7 Å². The first-order chi connectivity index (χ1) is 30.9. The van der Waals surface area contributed by atoms with Crippen LogP contribution in [0.25, 0.3) is 29.1 Å². The molecule has 0 saturated carbocycles. The molecule has 1 N–H and O–H groups in total. The van der Waals surface area contributed by atoms with Crippen LogP contribution in [0, 0.1) is 67.1 Å². The average Bonchev–Trinajstić information content (AvgIpc) is 4.00. The fraction of sp³-hybridized carbons (Fsp3) is 0.636. The van der Waals surface area contributed by atoms with E-state index < -0.39 is 11.9 Å². The summed E-state index contributed by atoms with van der Waals surface area (Å²) in [5.74, 6) is -0.0400. The first kappa shape index (κ1) is 53.1. The third-order valence-electron chi connectivity index (χ3n) is 15.2. The van der Waals surface area contributed by atoms with E-state index in [-0.39, 0.29) is 70.7 Å². The molecule has 66 heavy (non-hydrogen) atoms. The third-order valence-corrected chi connectivity index (χ3v) is 15.2. The second-order valence-corrected chi connectivity index (χ2v) is 20.7. The van der Waals surface area contributed by atoms with Gasteiger partial charge < -0.3 is 30.1 Å². The molecule has 4 aliphatic rings. The predicted octanol–water partition coefficient (Wildman–Crippen LogP) is 12.2. The molecule has 10 nitrogen and oxygen atoms in total. The first-order valence-corrected chi connectivity index (χ1v) is 25.0. The first-order valence-electron chi connectivity index (χ1n) is 25.0. The number of ether oxygens (including phenoxy) is 2. The van der Waals surface area contributed by atoms with Gasteiger partial charge in [-0.2, -0.15) is 11.4 Å².